The van der Waals surface area contributed by atoms with Gasteiger partial charge in [0.1, 0.15) is 5.75 Å². The molecular weight excluding hydrogens is 204 g/mol. The van der Waals surface area contributed by atoms with E-state index in [4.69, 9.17) is 10.5 Å². The van der Waals surface area contributed by atoms with E-state index in [0.717, 1.165) is 24.3 Å². The number of aliphatic hydroxyl groups is 1. The maximum atomic E-state index is 9.80. The monoisotopic (exact) mass is 222 g/mol. The normalized spacial score (nSPS) is 17.7. The summed E-state index contributed by atoms with van der Waals surface area (Å²) in [5.74, 6) is 0.959. The largest absolute Gasteiger partial charge is 0.493 e. The van der Waals surface area contributed by atoms with Crippen molar-refractivity contribution in [3.8, 4) is 5.75 Å². The first-order valence-electron chi connectivity index (χ1n) is 5.57. The van der Waals surface area contributed by atoms with E-state index in [9.17, 15) is 5.11 Å². The molecular formula is C12H18N2O2. The first-order valence-corrected chi connectivity index (χ1v) is 5.57. The minimum Gasteiger partial charge on any atom is -0.493 e. The second kappa shape index (κ2) is 4.82. The standard InChI is InChI=1S/C12H18N2O2/c1-14-12(10(15)7-13)9-2-3-11-8(6-9)4-5-16-11/h2-3,6,10,12,14-15H,4-5,7,13H2,1H3. The molecule has 0 bridgehead atoms. The third-order valence-corrected chi connectivity index (χ3v) is 3.01. The topological polar surface area (TPSA) is 67.5 Å². The number of rotatable bonds is 4. The predicted molar refractivity (Wildman–Crippen MR) is 62.5 cm³/mol. The molecule has 2 rings (SSSR count). The zero-order valence-corrected chi connectivity index (χ0v) is 9.44. The van der Waals surface area contributed by atoms with Crippen molar-refractivity contribution in [2.24, 2.45) is 5.73 Å². The van der Waals surface area contributed by atoms with Crippen LogP contribution in [0, 0.1) is 0 Å². The predicted octanol–water partition coefficient (Wildman–Crippen LogP) is 0.202. The van der Waals surface area contributed by atoms with E-state index in [2.05, 4.69) is 11.4 Å². The third kappa shape index (κ3) is 2.04. The second-order valence-corrected chi connectivity index (χ2v) is 4.04. The summed E-state index contributed by atoms with van der Waals surface area (Å²) in [6.07, 6.45) is 0.378. The van der Waals surface area contributed by atoms with E-state index in [1.54, 1.807) is 0 Å². The quantitative estimate of drug-likeness (QED) is 0.681. The second-order valence-electron chi connectivity index (χ2n) is 4.04. The Morgan fingerprint density at radius 3 is 3.06 bits per heavy atom. The zero-order chi connectivity index (χ0) is 11.5. The van der Waals surface area contributed by atoms with Crippen LogP contribution in [0.2, 0.25) is 0 Å². The lowest BCUT2D eigenvalue weighted by Gasteiger charge is -2.22. The van der Waals surface area contributed by atoms with E-state index < -0.39 is 6.10 Å². The van der Waals surface area contributed by atoms with E-state index >= 15 is 0 Å². The molecule has 2 unspecified atom stereocenters. The van der Waals surface area contributed by atoms with Crippen LogP contribution in [0.1, 0.15) is 17.2 Å². The highest BCUT2D eigenvalue weighted by molar-refractivity contribution is 5.41. The van der Waals surface area contributed by atoms with Gasteiger partial charge in [0, 0.05) is 13.0 Å². The molecule has 88 valence electrons. The fourth-order valence-corrected chi connectivity index (χ4v) is 2.12. The molecule has 1 aliphatic heterocycles. The van der Waals surface area contributed by atoms with E-state index in [-0.39, 0.29) is 12.6 Å². The molecule has 2 atom stereocenters. The van der Waals surface area contributed by atoms with Crippen LogP contribution in [0.3, 0.4) is 0 Å². The first-order chi connectivity index (χ1) is 7.76. The average Bonchev–Trinajstić information content (AvgIpc) is 2.77. The highest BCUT2D eigenvalue weighted by Gasteiger charge is 2.20. The molecule has 1 aliphatic rings. The summed E-state index contributed by atoms with van der Waals surface area (Å²) in [5.41, 5.74) is 7.75. The Labute approximate surface area is 95.4 Å². The number of benzene rings is 1. The Morgan fingerprint density at radius 2 is 2.38 bits per heavy atom. The van der Waals surface area contributed by atoms with Crippen LogP contribution in [0.25, 0.3) is 0 Å². The number of aliphatic hydroxyl groups excluding tert-OH is 1. The Bertz CT molecular complexity index is 368. The summed E-state index contributed by atoms with van der Waals surface area (Å²) in [7, 11) is 1.83. The van der Waals surface area contributed by atoms with Crippen LogP contribution < -0.4 is 15.8 Å². The number of nitrogens with two attached hydrogens (primary N) is 1. The Morgan fingerprint density at radius 1 is 1.56 bits per heavy atom. The average molecular weight is 222 g/mol. The number of hydrogen-bond donors (Lipinski definition) is 3. The van der Waals surface area contributed by atoms with Gasteiger partial charge in [-0.05, 0) is 24.2 Å². The summed E-state index contributed by atoms with van der Waals surface area (Å²) in [6.45, 7) is 1.00. The highest BCUT2D eigenvalue weighted by atomic mass is 16.5. The van der Waals surface area contributed by atoms with Gasteiger partial charge in [-0.2, -0.15) is 0 Å². The van der Waals surface area contributed by atoms with Gasteiger partial charge in [0.05, 0.1) is 18.8 Å². The lowest BCUT2D eigenvalue weighted by molar-refractivity contribution is 0.139. The van der Waals surface area contributed by atoms with E-state index in [1.165, 1.54) is 5.56 Å². The Kier molecular flexibility index (Phi) is 3.43. The highest BCUT2D eigenvalue weighted by Crippen LogP contribution is 2.28. The number of nitrogens with one attached hydrogen (secondary N) is 1. The molecule has 0 fully saturated rings. The van der Waals surface area contributed by atoms with Crippen molar-refractivity contribution in [3.63, 3.8) is 0 Å². The molecule has 0 saturated carbocycles. The number of fused-ring (bicyclic) bond motifs is 1. The summed E-state index contributed by atoms with van der Waals surface area (Å²) >= 11 is 0. The first kappa shape index (κ1) is 11.4. The smallest absolute Gasteiger partial charge is 0.122 e. The van der Waals surface area contributed by atoms with Crippen molar-refractivity contribution in [3.05, 3.63) is 29.3 Å². The SMILES string of the molecule is CNC(c1ccc2c(c1)CCO2)C(O)CN. The molecule has 4 N–H and O–H groups in total. The molecule has 4 nitrogen and oxygen atoms in total. The van der Waals surface area contributed by atoms with Gasteiger partial charge in [-0.1, -0.05) is 12.1 Å². The number of ether oxygens (including phenoxy) is 1. The van der Waals surface area contributed by atoms with Gasteiger partial charge in [0.2, 0.25) is 0 Å². The molecule has 0 spiro atoms. The summed E-state index contributed by atoms with van der Waals surface area (Å²) in [4.78, 5) is 0. The van der Waals surface area contributed by atoms with Crippen molar-refractivity contribution in [1.82, 2.24) is 5.32 Å². The van der Waals surface area contributed by atoms with Crippen LogP contribution in [-0.2, 0) is 6.42 Å². The molecule has 0 radical (unpaired) electrons. The molecule has 16 heavy (non-hydrogen) atoms. The molecule has 0 saturated heterocycles. The molecule has 0 aliphatic carbocycles. The van der Waals surface area contributed by atoms with Gasteiger partial charge < -0.3 is 20.9 Å². The van der Waals surface area contributed by atoms with Crippen molar-refractivity contribution < 1.29 is 9.84 Å². The lowest BCUT2D eigenvalue weighted by atomic mass is 9.98. The van der Waals surface area contributed by atoms with E-state index in [1.807, 2.05) is 19.2 Å². The summed E-state index contributed by atoms with van der Waals surface area (Å²) < 4.78 is 5.45. The fraction of sp³-hybridized carbons (Fsp3) is 0.500. The van der Waals surface area contributed by atoms with Gasteiger partial charge in [0.25, 0.3) is 0 Å². The molecule has 0 aromatic heterocycles. The van der Waals surface area contributed by atoms with Gasteiger partial charge >= 0.3 is 0 Å². The molecule has 1 aromatic carbocycles. The maximum absolute atomic E-state index is 9.80. The van der Waals surface area contributed by atoms with Gasteiger partial charge in [0.15, 0.2) is 0 Å². The van der Waals surface area contributed by atoms with Crippen LogP contribution in [0.15, 0.2) is 18.2 Å². The fourth-order valence-electron chi connectivity index (χ4n) is 2.12. The number of likely N-dealkylation sites (N-methyl/N-ethyl adjacent to an activating group) is 1. The van der Waals surface area contributed by atoms with Crippen molar-refractivity contribution >= 4 is 0 Å². The van der Waals surface area contributed by atoms with Gasteiger partial charge in [-0.25, -0.2) is 0 Å². The number of hydrogen-bond acceptors (Lipinski definition) is 4. The van der Waals surface area contributed by atoms with Crippen molar-refractivity contribution in [2.75, 3.05) is 20.2 Å². The molecule has 1 heterocycles. The van der Waals surface area contributed by atoms with Crippen LogP contribution >= 0.6 is 0 Å². The summed E-state index contributed by atoms with van der Waals surface area (Å²) in [5, 5.41) is 12.9. The van der Waals surface area contributed by atoms with Crippen molar-refractivity contribution in [1.29, 1.82) is 0 Å². The Hall–Kier alpha value is -1.10. The molecule has 0 amide bonds. The zero-order valence-electron chi connectivity index (χ0n) is 9.44. The van der Waals surface area contributed by atoms with Crippen molar-refractivity contribution in [2.45, 2.75) is 18.6 Å². The minimum absolute atomic E-state index is 0.115. The van der Waals surface area contributed by atoms with Crippen LogP contribution in [-0.4, -0.2) is 31.4 Å². The summed E-state index contributed by atoms with van der Waals surface area (Å²) in [6, 6.07) is 5.91. The molecule has 4 heteroatoms. The molecule has 1 aromatic rings. The lowest BCUT2D eigenvalue weighted by Crippen LogP contribution is -2.34. The van der Waals surface area contributed by atoms with Gasteiger partial charge in [-0.3, -0.25) is 0 Å². The third-order valence-electron chi connectivity index (χ3n) is 3.01. The van der Waals surface area contributed by atoms with E-state index in [0.29, 0.717) is 0 Å². The van der Waals surface area contributed by atoms with Crippen LogP contribution in [0.4, 0.5) is 0 Å². The maximum Gasteiger partial charge on any atom is 0.122 e. The van der Waals surface area contributed by atoms with Crippen LogP contribution in [0.5, 0.6) is 5.75 Å². The Balaban J connectivity index is 2.25. The van der Waals surface area contributed by atoms with Gasteiger partial charge in [-0.15, -0.1) is 0 Å². The minimum atomic E-state index is -0.564.